The van der Waals surface area contributed by atoms with Crippen molar-refractivity contribution in [3.8, 4) is 11.8 Å². The number of amides is 3. The lowest BCUT2D eigenvalue weighted by atomic mass is 9.91. The highest BCUT2D eigenvalue weighted by Gasteiger charge is 2.48. The van der Waals surface area contributed by atoms with E-state index in [-0.39, 0.29) is 12.5 Å². The summed E-state index contributed by atoms with van der Waals surface area (Å²) in [6.07, 6.45) is 0.929. The third kappa shape index (κ3) is 3.63. The van der Waals surface area contributed by atoms with Crippen molar-refractivity contribution in [1.82, 2.24) is 10.2 Å². The van der Waals surface area contributed by atoms with E-state index in [1.165, 1.54) is 4.90 Å². The quantitative estimate of drug-likeness (QED) is 0.798. The van der Waals surface area contributed by atoms with E-state index in [1.54, 1.807) is 31.2 Å². The molecule has 6 heteroatoms. The van der Waals surface area contributed by atoms with Gasteiger partial charge in [-0.15, -0.1) is 0 Å². The second-order valence-electron chi connectivity index (χ2n) is 6.63. The maximum Gasteiger partial charge on any atom is 0.325 e. The van der Waals surface area contributed by atoms with Crippen LogP contribution in [0.5, 0.6) is 5.75 Å². The average Bonchev–Trinajstić information content (AvgIpc) is 2.91. The van der Waals surface area contributed by atoms with Gasteiger partial charge in [0.2, 0.25) is 0 Å². The van der Waals surface area contributed by atoms with E-state index in [9.17, 15) is 9.59 Å². The van der Waals surface area contributed by atoms with Gasteiger partial charge in [0.05, 0.1) is 24.8 Å². The minimum absolute atomic E-state index is 0.185. The number of nitrogens with one attached hydrogen (secondary N) is 1. The molecule has 138 valence electrons. The molecule has 0 bridgehead atoms. The summed E-state index contributed by atoms with van der Waals surface area (Å²) in [5, 5.41) is 11.7. The first kappa shape index (κ1) is 18.5. The molecular weight excluding hydrogens is 342 g/mol. The first-order chi connectivity index (χ1) is 13.0. The SMILES string of the molecule is CCCOc1ccc(CN2C(=O)N[C@@](C)(c3ccc(C#N)cc3)C2=O)cc1. The van der Waals surface area contributed by atoms with Crippen LogP contribution >= 0.6 is 0 Å². The number of hydrogen-bond donors (Lipinski definition) is 1. The van der Waals surface area contributed by atoms with Crippen molar-refractivity contribution < 1.29 is 14.3 Å². The maximum absolute atomic E-state index is 13.0. The predicted octanol–water partition coefficient (Wildman–Crippen LogP) is 3.31. The molecule has 0 aromatic heterocycles. The highest BCUT2D eigenvalue weighted by molar-refractivity contribution is 6.07. The van der Waals surface area contributed by atoms with Crippen molar-refractivity contribution in [2.24, 2.45) is 0 Å². The molecule has 1 N–H and O–H groups in total. The van der Waals surface area contributed by atoms with E-state index in [1.807, 2.05) is 37.3 Å². The van der Waals surface area contributed by atoms with Gasteiger partial charge in [-0.3, -0.25) is 9.69 Å². The number of rotatable bonds is 6. The van der Waals surface area contributed by atoms with Gasteiger partial charge in [0.15, 0.2) is 0 Å². The van der Waals surface area contributed by atoms with Crippen LogP contribution < -0.4 is 10.1 Å². The van der Waals surface area contributed by atoms with Crippen LogP contribution in [0.25, 0.3) is 0 Å². The molecule has 1 heterocycles. The minimum atomic E-state index is -1.14. The second-order valence-corrected chi connectivity index (χ2v) is 6.63. The number of ether oxygens (including phenoxy) is 1. The van der Waals surface area contributed by atoms with Crippen molar-refractivity contribution >= 4 is 11.9 Å². The summed E-state index contributed by atoms with van der Waals surface area (Å²) in [4.78, 5) is 26.6. The zero-order chi connectivity index (χ0) is 19.4. The van der Waals surface area contributed by atoms with E-state index in [0.29, 0.717) is 17.7 Å². The van der Waals surface area contributed by atoms with E-state index < -0.39 is 11.6 Å². The first-order valence-electron chi connectivity index (χ1n) is 8.84. The largest absolute Gasteiger partial charge is 0.494 e. The van der Waals surface area contributed by atoms with Gasteiger partial charge in [-0.25, -0.2) is 4.79 Å². The normalized spacial score (nSPS) is 18.9. The predicted molar refractivity (Wildman–Crippen MR) is 99.8 cm³/mol. The molecule has 0 radical (unpaired) electrons. The zero-order valence-corrected chi connectivity index (χ0v) is 15.4. The van der Waals surface area contributed by atoms with Gasteiger partial charge in [-0.1, -0.05) is 31.2 Å². The molecule has 0 spiro atoms. The third-order valence-corrected chi connectivity index (χ3v) is 4.60. The Bertz CT molecular complexity index is 884. The molecular formula is C21H21N3O3. The maximum atomic E-state index is 13.0. The highest BCUT2D eigenvalue weighted by Crippen LogP contribution is 2.30. The summed E-state index contributed by atoms with van der Waals surface area (Å²) in [7, 11) is 0. The lowest BCUT2D eigenvalue weighted by Gasteiger charge is -2.22. The molecule has 27 heavy (non-hydrogen) atoms. The summed E-state index contributed by atoms with van der Waals surface area (Å²) in [6, 6.07) is 15.6. The molecule has 1 atom stereocenters. The van der Waals surface area contributed by atoms with Crippen molar-refractivity contribution in [3.63, 3.8) is 0 Å². The van der Waals surface area contributed by atoms with E-state index in [4.69, 9.17) is 10.00 Å². The molecule has 2 aromatic carbocycles. The molecule has 0 unspecified atom stereocenters. The fourth-order valence-corrected chi connectivity index (χ4v) is 3.01. The summed E-state index contributed by atoms with van der Waals surface area (Å²) in [5.41, 5.74) is 0.841. The van der Waals surface area contributed by atoms with E-state index >= 15 is 0 Å². The molecule has 1 saturated heterocycles. The van der Waals surface area contributed by atoms with Crippen LogP contribution in [-0.4, -0.2) is 23.4 Å². The van der Waals surface area contributed by atoms with Crippen molar-refractivity contribution in [2.45, 2.75) is 32.4 Å². The summed E-state index contributed by atoms with van der Waals surface area (Å²) in [6.45, 7) is 4.55. The smallest absolute Gasteiger partial charge is 0.325 e. The zero-order valence-electron chi connectivity index (χ0n) is 15.4. The lowest BCUT2D eigenvalue weighted by Crippen LogP contribution is -2.40. The van der Waals surface area contributed by atoms with Crippen LogP contribution in [0.1, 0.15) is 37.0 Å². The number of carbonyl (C=O) groups is 2. The number of imide groups is 1. The monoisotopic (exact) mass is 363 g/mol. The van der Waals surface area contributed by atoms with E-state index in [0.717, 1.165) is 17.7 Å². The number of hydrogen-bond acceptors (Lipinski definition) is 4. The van der Waals surface area contributed by atoms with E-state index in [2.05, 4.69) is 5.32 Å². The van der Waals surface area contributed by atoms with Crippen LogP contribution in [0, 0.1) is 11.3 Å². The Hall–Kier alpha value is -3.33. The standard InChI is InChI=1S/C21H21N3O3/c1-3-12-27-18-10-6-16(7-11-18)14-24-19(25)21(2,23-20(24)26)17-8-4-15(13-22)5-9-17/h4-11H,3,12,14H2,1-2H3,(H,23,26)/t21-/m0/s1. The number of nitrogens with zero attached hydrogens (tertiary/aromatic N) is 2. The third-order valence-electron chi connectivity index (χ3n) is 4.60. The average molecular weight is 363 g/mol. The molecule has 0 aliphatic carbocycles. The van der Waals surface area contributed by atoms with Gasteiger partial charge in [-0.05, 0) is 48.7 Å². The van der Waals surface area contributed by atoms with Crippen molar-refractivity contribution in [2.75, 3.05) is 6.61 Å². The second kappa shape index (κ2) is 7.50. The summed E-state index contributed by atoms with van der Waals surface area (Å²) in [5.74, 6) is 0.448. The van der Waals surface area contributed by atoms with Gasteiger partial charge < -0.3 is 10.1 Å². The molecule has 1 aliphatic rings. The van der Waals surface area contributed by atoms with Gasteiger partial charge in [-0.2, -0.15) is 5.26 Å². The number of nitriles is 1. The molecule has 6 nitrogen and oxygen atoms in total. The molecule has 3 amide bonds. The Labute approximate surface area is 158 Å². The topological polar surface area (TPSA) is 82.4 Å². The van der Waals surface area contributed by atoms with Gasteiger partial charge in [0.25, 0.3) is 5.91 Å². The molecule has 1 aliphatic heterocycles. The van der Waals surface area contributed by atoms with Crippen molar-refractivity contribution in [3.05, 3.63) is 65.2 Å². The molecule has 1 fully saturated rings. The van der Waals surface area contributed by atoms with Crippen LogP contribution in [0.4, 0.5) is 4.79 Å². The first-order valence-corrected chi connectivity index (χ1v) is 8.84. The Morgan fingerprint density at radius 2 is 1.78 bits per heavy atom. The Morgan fingerprint density at radius 1 is 1.11 bits per heavy atom. The summed E-state index contributed by atoms with van der Waals surface area (Å²) >= 11 is 0. The van der Waals surface area contributed by atoms with Crippen molar-refractivity contribution in [1.29, 1.82) is 5.26 Å². The fraction of sp³-hybridized carbons (Fsp3) is 0.286. The number of benzene rings is 2. The lowest BCUT2D eigenvalue weighted by molar-refractivity contribution is -0.131. The Balaban J connectivity index is 1.76. The van der Waals surface area contributed by atoms with Gasteiger partial charge in [0.1, 0.15) is 11.3 Å². The molecule has 3 rings (SSSR count). The Morgan fingerprint density at radius 3 is 2.37 bits per heavy atom. The fourth-order valence-electron chi connectivity index (χ4n) is 3.01. The van der Waals surface area contributed by atoms with Crippen LogP contribution in [0.15, 0.2) is 48.5 Å². The minimum Gasteiger partial charge on any atom is -0.494 e. The molecule has 2 aromatic rings. The van der Waals surface area contributed by atoms with Crippen LogP contribution in [-0.2, 0) is 16.9 Å². The van der Waals surface area contributed by atoms with Gasteiger partial charge in [0, 0.05) is 0 Å². The van der Waals surface area contributed by atoms with Crippen LogP contribution in [0.3, 0.4) is 0 Å². The van der Waals surface area contributed by atoms with Gasteiger partial charge >= 0.3 is 6.03 Å². The Kier molecular flexibility index (Phi) is 5.13. The number of urea groups is 1. The van der Waals surface area contributed by atoms with Crippen LogP contribution in [0.2, 0.25) is 0 Å². The summed E-state index contributed by atoms with van der Waals surface area (Å²) < 4.78 is 5.55. The number of carbonyl (C=O) groups excluding carboxylic acids is 2. The highest BCUT2D eigenvalue weighted by atomic mass is 16.5. The molecule has 0 saturated carbocycles.